The number of amides is 1. The molecule has 1 aromatic rings. The van der Waals surface area contributed by atoms with E-state index in [2.05, 4.69) is 9.88 Å². The van der Waals surface area contributed by atoms with Crippen molar-refractivity contribution < 1.29 is 9.90 Å². The fourth-order valence-electron chi connectivity index (χ4n) is 2.46. The molecule has 20 heavy (non-hydrogen) atoms. The van der Waals surface area contributed by atoms with Crippen molar-refractivity contribution in [3.8, 4) is 0 Å². The highest BCUT2D eigenvalue weighted by atomic mass is 16.3. The average Bonchev–Trinajstić information content (AvgIpc) is 3.13. The Labute approximate surface area is 121 Å². The Morgan fingerprint density at radius 3 is 2.60 bits per heavy atom. The highest BCUT2D eigenvalue weighted by molar-refractivity contribution is 5.95. The molecule has 0 saturated heterocycles. The van der Waals surface area contributed by atoms with Crippen LogP contribution in [0.4, 0.5) is 0 Å². The summed E-state index contributed by atoms with van der Waals surface area (Å²) in [5.74, 6) is 0.00706. The molecule has 1 unspecified atom stereocenters. The van der Waals surface area contributed by atoms with Gasteiger partial charge in [-0.3, -0.25) is 4.79 Å². The lowest BCUT2D eigenvalue weighted by atomic mass is 9.92. The van der Waals surface area contributed by atoms with Crippen LogP contribution in [0.5, 0.6) is 0 Å². The van der Waals surface area contributed by atoms with Gasteiger partial charge in [0.2, 0.25) is 0 Å². The Hall–Kier alpha value is -1.29. The average molecular weight is 278 g/mol. The molecule has 1 aromatic heterocycles. The first-order valence-electron chi connectivity index (χ1n) is 7.43. The molecule has 1 aliphatic rings. The smallest absolute Gasteiger partial charge is 0.253 e. The van der Waals surface area contributed by atoms with Crippen molar-refractivity contribution in [3.05, 3.63) is 23.0 Å². The van der Waals surface area contributed by atoms with Crippen LogP contribution in [-0.2, 0) is 0 Å². The van der Waals surface area contributed by atoms with E-state index in [-0.39, 0.29) is 18.4 Å². The van der Waals surface area contributed by atoms with E-state index in [1.165, 1.54) is 12.8 Å². The van der Waals surface area contributed by atoms with Crippen molar-refractivity contribution in [2.24, 2.45) is 5.92 Å². The molecule has 0 aromatic carbocycles. The van der Waals surface area contributed by atoms with Crippen LogP contribution in [0, 0.1) is 19.8 Å². The maximum Gasteiger partial charge on any atom is 0.253 e. The number of carbonyl (C=O) groups is 1. The molecule has 1 atom stereocenters. The molecule has 0 spiro atoms. The van der Waals surface area contributed by atoms with Gasteiger partial charge in [0.1, 0.15) is 0 Å². The number of aliphatic hydroxyl groups is 1. The van der Waals surface area contributed by atoms with Gasteiger partial charge in [-0.2, -0.15) is 0 Å². The fourth-order valence-corrected chi connectivity index (χ4v) is 2.46. The third kappa shape index (κ3) is 2.90. The minimum absolute atomic E-state index is 0.0917. The lowest BCUT2D eigenvalue weighted by Gasteiger charge is -2.27. The summed E-state index contributed by atoms with van der Waals surface area (Å²) in [6.07, 6.45) is 2.42. The van der Waals surface area contributed by atoms with Gasteiger partial charge in [-0.1, -0.05) is 13.8 Å². The first-order valence-corrected chi connectivity index (χ1v) is 7.43. The molecule has 0 radical (unpaired) electrons. The summed E-state index contributed by atoms with van der Waals surface area (Å²) >= 11 is 0. The molecule has 1 amide bonds. The molecule has 1 saturated carbocycles. The van der Waals surface area contributed by atoms with Crippen LogP contribution in [-0.4, -0.2) is 27.7 Å². The topological polar surface area (TPSA) is 54.3 Å². The molecule has 2 N–H and O–H groups in total. The van der Waals surface area contributed by atoms with Gasteiger partial charge >= 0.3 is 0 Å². The number of nitrogens with zero attached hydrogens (tertiary/aromatic N) is 1. The monoisotopic (exact) mass is 278 g/mol. The number of hydrogen-bond acceptors (Lipinski definition) is 2. The molecule has 1 heterocycles. The second-order valence-electron chi connectivity index (χ2n) is 6.58. The van der Waals surface area contributed by atoms with Gasteiger partial charge in [-0.25, -0.2) is 0 Å². The van der Waals surface area contributed by atoms with Crippen molar-refractivity contribution in [2.75, 3.05) is 6.54 Å². The van der Waals surface area contributed by atoms with E-state index in [1.807, 2.05) is 33.8 Å². The zero-order valence-corrected chi connectivity index (χ0v) is 13.2. The van der Waals surface area contributed by atoms with Crippen LogP contribution in [0.1, 0.15) is 61.4 Å². The van der Waals surface area contributed by atoms with Crippen molar-refractivity contribution in [1.29, 1.82) is 0 Å². The number of hydrogen-bond donors (Lipinski definition) is 2. The normalized spacial score (nSPS) is 18.1. The van der Waals surface area contributed by atoms with Gasteiger partial charge in [0, 0.05) is 24.0 Å². The van der Waals surface area contributed by atoms with E-state index in [1.54, 1.807) is 6.92 Å². The van der Waals surface area contributed by atoms with Crippen LogP contribution in [0.2, 0.25) is 0 Å². The van der Waals surface area contributed by atoms with E-state index in [4.69, 9.17) is 0 Å². The second-order valence-corrected chi connectivity index (χ2v) is 6.58. The quantitative estimate of drug-likeness (QED) is 0.869. The minimum Gasteiger partial charge on any atom is -0.388 e. The van der Waals surface area contributed by atoms with Crippen molar-refractivity contribution in [2.45, 2.75) is 59.1 Å². The fraction of sp³-hybridized carbons (Fsp3) is 0.688. The zero-order chi connectivity index (χ0) is 15.1. The molecule has 2 rings (SSSR count). The summed E-state index contributed by atoms with van der Waals surface area (Å²) in [4.78, 5) is 12.3. The van der Waals surface area contributed by atoms with Crippen LogP contribution in [0.25, 0.3) is 0 Å². The Morgan fingerprint density at radius 2 is 2.10 bits per heavy atom. The van der Waals surface area contributed by atoms with E-state index in [0.717, 1.165) is 17.0 Å². The Balaban J connectivity index is 2.08. The number of rotatable bonds is 5. The zero-order valence-electron chi connectivity index (χ0n) is 13.2. The van der Waals surface area contributed by atoms with Crippen molar-refractivity contribution >= 4 is 5.91 Å². The Morgan fingerprint density at radius 1 is 1.50 bits per heavy atom. The number of nitrogens with one attached hydrogen (secondary N) is 1. The number of carbonyl (C=O) groups excluding carboxylic acids is 1. The van der Waals surface area contributed by atoms with E-state index < -0.39 is 5.60 Å². The molecule has 0 aliphatic heterocycles. The lowest BCUT2D eigenvalue weighted by molar-refractivity contribution is 0.0142. The SMILES string of the molecule is Cc1cc(C(=O)NCC(C)(O)C(C)C)c(C)n1C1CC1. The minimum atomic E-state index is -0.877. The molecule has 0 bridgehead atoms. The van der Waals surface area contributed by atoms with E-state index in [9.17, 15) is 9.90 Å². The highest BCUT2D eigenvalue weighted by Gasteiger charge is 2.29. The van der Waals surface area contributed by atoms with Gasteiger partial charge in [-0.15, -0.1) is 0 Å². The molecular formula is C16H26N2O2. The third-order valence-electron chi connectivity index (χ3n) is 4.49. The maximum atomic E-state index is 12.3. The number of aryl methyl sites for hydroxylation is 1. The lowest BCUT2D eigenvalue weighted by Crippen LogP contribution is -2.44. The van der Waals surface area contributed by atoms with E-state index >= 15 is 0 Å². The van der Waals surface area contributed by atoms with Gasteiger partial charge in [0.15, 0.2) is 0 Å². The summed E-state index contributed by atoms with van der Waals surface area (Å²) < 4.78 is 2.26. The van der Waals surface area contributed by atoms with Crippen LogP contribution in [0.3, 0.4) is 0 Å². The van der Waals surface area contributed by atoms with Crippen molar-refractivity contribution in [3.63, 3.8) is 0 Å². The van der Waals surface area contributed by atoms with E-state index in [0.29, 0.717) is 6.04 Å². The van der Waals surface area contributed by atoms with Gasteiger partial charge < -0.3 is 15.0 Å². The molecular weight excluding hydrogens is 252 g/mol. The van der Waals surface area contributed by atoms with Gasteiger partial charge in [0.25, 0.3) is 5.91 Å². The summed E-state index contributed by atoms with van der Waals surface area (Å²) in [5, 5.41) is 13.1. The summed E-state index contributed by atoms with van der Waals surface area (Å²) in [7, 11) is 0. The van der Waals surface area contributed by atoms with Crippen LogP contribution >= 0.6 is 0 Å². The first-order chi connectivity index (χ1) is 9.24. The molecule has 112 valence electrons. The predicted molar refractivity (Wildman–Crippen MR) is 80.0 cm³/mol. The van der Waals surface area contributed by atoms with Gasteiger partial charge in [-0.05, 0) is 45.6 Å². The second kappa shape index (κ2) is 5.24. The number of aromatic nitrogens is 1. The largest absolute Gasteiger partial charge is 0.388 e. The van der Waals surface area contributed by atoms with Crippen LogP contribution in [0.15, 0.2) is 6.07 Å². The molecule has 1 aliphatic carbocycles. The highest BCUT2D eigenvalue weighted by Crippen LogP contribution is 2.38. The molecule has 1 fully saturated rings. The van der Waals surface area contributed by atoms with Gasteiger partial charge in [0.05, 0.1) is 11.2 Å². The van der Waals surface area contributed by atoms with Crippen LogP contribution < -0.4 is 5.32 Å². The third-order valence-corrected chi connectivity index (χ3v) is 4.49. The van der Waals surface area contributed by atoms with Crippen molar-refractivity contribution in [1.82, 2.24) is 9.88 Å². The summed E-state index contributed by atoms with van der Waals surface area (Å²) in [6, 6.07) is 2.53. The summed E-state index contributed by atoms with van der Waals surface area (Å²) in [6.45, 7) is 9.98. The summed E-state index contributed by atoms with van der Waals surface area (Å²) in [5.41, 5.74) is 2.03. The Bertz CT molecular complexity index is 511. The maximum absolute atomic E-state index is 12.3. The standard InChI is InChI=1S/C16H26N2O2/c1-10(2)16(5,20)9-17-15(19)14-8-11(3)18(12(14)4)13-6-7-13/h8,10,13,20H,6-7,9H2,1-5H3,(H,17,19). The molecule has 4 nitrogen and oxygen atoms in total. The predicted octanol–water partition coefficient (Wildman–Crippen LogP) is 2.58. The molecule has 4 heteroatoms. The Kier molecular flexibility index (Phi) is 3.96. The first kappa shape index (κ1) is 15.1.